The molecule has 0 aliphatic carbocycles. The molecule has 2 atom stereocenters. The first-order valence-corrected chi connectivity index (χ1v) is 8.38. The van der Waals surface area contributed by atoms with Crippen molar-refractivity contribution in [3.05, 3.63) is 28.7 Å². The summed E-state index contributed by atoms with van der Waals surface area (Å²) in [5.74, 6) is 0.959. The molecule has 2 aliphatic rings. The van der Waals surface area contributed by atoms with Crippen LogP contribution in [-0.4, -0.2) is 54.7 Å². The van der Waals surface area contributed by atoms with Gasteiger partial charge in [0, 0.05) is 36.2 Å². The van der Waals surface area contributed by atoms with Crippen LogP contribution in [0.3, 0.4) is 0 Å². The second-order valence-electron chi connectivity index (χ2n) is 5.94. The zero-order valence-electron chi connectivity index (χ0n) is 12.1. The van der Waals surface area contributed by atoms with Crippen LogP contribution in [0.15, 0.2) is 28.7 Å². The highest BCUT2D eigenvalue weighted by Crippen LogP contribution is 2.24. The first kappa shape index (κ1) is 14.4. The van der Waals surface area contributed by atoms with E-state index in [1.807, 2.05) is 24.3 Å². The molecule has 2 saturated heterocycles. The molecule has 3 rings (SSSR count). The van der Waals surface area contributed by atoms with Crippen LogP contribution in [0.2, 0.25) is 0 Å². The van der Waals surface area contributed by atoms with Crippen molar-refractivity contribution in [2.45, 2.75) is 31.8 Å². The van der Waals surface area contributed by atoms with Crippen molar-refractivity contribution in [1.82, 2.24) is 9.80 Å². The summed E-state index contributed by atoms with van der Waals surface area (Å²) in [6.45, 7) is 7.89. The molecule has 2 heterocycles. The largest absolute Gasteiger partial charge is 0.492 e. The minimum atomic E-state index is 0.651. The SMILES string of the molecule is CC1CN2CCCC2CN1CCOc1ccc(Br)cc1. The van der Waals surface area contributed by atoms with E-state index in [1.54, 1.807) is 0 Å². The number of fused-ring (bicyclic) bond motifs is 1. The second-order valence-corrected chi connectivity index (χ2v) is 6.85. The minimum Gasteiger partial charge on any atom is -0.492 e. The van der Waals surface area contributed by atoms with Gasteiger partial charge in [-0.15, -0.1) is 0 Å². The molecule has 20 heavy (non-hydrogen) atoms. The molecule has 4 heteroatoms. The maximum Gasteiger partial charge on any atom is 0.119 e. The first-order valence-electron chi connectivity index (χ1n) is 7.59. The lowest BCUT2D eigenvalue weighted by Gasteiger charge is -2.42. The first-order chi connectivity index (χ1) is 9.72. The lowest BCUT2D eigenvalue weighted by Crippen LogP contribution is -2.55. The molecule has 2 aliphatic heterocycles. The van der Waals surface area contributed by atoms with Gasteiger partial charge in [-0.2, -0.15) is 0 Å². The molecule has 2 fully saturated rings. The summed E-state index contributed by atoms with van der Waals surface area (Å²) in [7, 11) is 0. The molecule has 0 N–H and O–H groups in total. The van der Waals surface area contributed by atoms with Crippen LogP contribution >= 0.6 is 15.9 Å². The Labute approximate surface area is 130 Å². The van der Waals surface area contributed by atoms with Crippen molar-refractivity contribution in [2.75, 3.05) is 32.8 Å². The molecule has 0 amide bonds. The van der Waals surface area contributed by atoms with E-state index in [-0.39, 0.29) is 0 Å². The summed E-state index contributed by atoms with van der Waals surface area (Å²) >= 11 is 3.44. The summed E-state index contributed by atoms with van der Waals surface area (Å²) < 4.78 is 6.94. The Hall–Kier alpha value is -0.580. The fourth-order valence-electron chi connectivity index (χ4n) is 3.37. The number of nitrogens with zero attached hydrogens (tertiary/aromatic N) is 2. The number of hydrogen-bond donors (Lipinski definition) is 0. The van der Waals surface area contributed by atoms with E-state index in [0.29, 0.717) is 6.04 Å². The predicted octanol–water partition coefficient (Wildman–Crippen LogP) is 3.00. The lowest BCUT2D eigenvalue weighted by molar-refractivity contribution is 0.0500. The summed E-state index contributed by atoms with van der Waals surface area (Å²) in [4.78, 5) is 5.25. The van der Waals surface area contributed by atoms with E-state index in [1.165, 1.54) is 32.5 Å². The van der Waals surface area contributed by atoms with E-state index in [4.69, 9.17) is 4.74 Å². The van der Waals surface area contributed by atoms with Crippen molar-refractivity contribution >= 4 is 15.9 Å². The quantitative estimate of drug-likeness (QED) is 0.839. The highest BCUT2D eigenvalue weighted by atomic mass is 79.9. The molecular formula is C16H23BrN2O. The van der Waals surface area contributed by atoms with Gasteiger partial charge in [0.2, 0.25) is 0 Å². The number of halogens is 1. The summed E-state index contributed by atoms with van der Waals surface area (Å²) in [6, 6.07) is 9.52. The lowest BCUT2D eigenvalue weighted by atomic mass is 10.1. The van der Waals surface area contributed by atoms with Gasteiger partial charge in [-0.3, -0.25) is 9.80 Å². The standard InChI is InChI=1S/C16H23BrN2O/c1-13-11-19-8-2-3-15(19)12-18(13)9-10-20-16-6-4-14(17)5-7-16/h4-7,13,15H,2-3,8-12H2,1H3. The minimum absolute atomic E-state index is 0.651. The molecule has 0 bridgehead atoms. The Kier molecular flexibility index (Phi) is 4.64. The van der Waals surface area contributed by atoms with Gasteiger partial charge in [0.1, 0.15) is 12.4 Å². The maximum atomic E-state index is 5.85. The fraction of sp³-hybridized carbons (Fsp3) is 0.625. The predicted molar refractivity (Wildman–Crippen MR) is 85.3 cm³/mol. The molecule has 0 saturated carbocycles. The van der Waals surface area contributed by atoms with Gasteiger partial charge in [0.25, 0.3) is 0 Å². The second kappa shape index (κ2) is 6.46. The van der Waals surface area contributed by atoms with Crippen LogP contribution < -0.4 is 4.74 Å². The van der Waals surface area contributed by atoms with Crippen LogP contribution in [-0.2, 0) is 0 Å². The molecule has 0 radical (unpaired) electrons. The summed E-state index contributed by atoms with van der Waals surface area (Å²) in [5, 5.41) is 0. The van der Waals surface area contributed by atoms with Gasteiger partial charge in [-0.25, -0.2) is 0 Å². The monoisotopic (exact) mass is 338 g/mol. The van der Waals surface area contributed by atoms with Gasteiger partial charge in [-0.1, -0.05) is 15.9 Å². The molecule has 0 aromatic heterocycles. The topological polar surface area (TPSA) is 15.7 Å². The highest BCUT2D eigenvalue weighted by Gasteiger charge is 2.33. The fourth-order valence-corrected chi connectivity index (χ4v) is 3.64. The third-order valence-electron chi connectivity index (χ3n) is 4.53. The van der Waals surface area contributed by atoms with Crippen molar-refractivity contribution in [3.8, 4) is 5.75 Å². The van der Waals surface area contributed by atoms with E-state index < -0.39 is 0 Å². The Balaban J connectivity index is 1.47. The Morgan fingerprint density at radius 1 is 1.25 bits per heavy atom. The molecule has 110 valence electrons. The van der Waals surface area contributed by atoms with Gasteiger partial charge in [0.05, 0.1) is 0 Å². The van der Waals surface area contributed by atoms with Crippen LogP contribution in [0.1, 0.15) is 19.8 Å². The van der Waals surface area contributed by atoms with Crippen LogP contribution in [0.25, 0.3) is 0 Å². The Bertz CT molecular complexity index is 437. The van der Waals surface area contributed by atoms with Crippen molar-refractivity contribution in [1.29, 1.82) is 0 Å². The highest BCUT2D eigenvalue weighted by molar-refractivity contribution is 9.10. The van der Waals surface area contributed by atoms with Crippen molar-refractivity contribution in [2.24, 2.45) is 0 Å². The van der Waals surface area contributed by atoms with Gasteiger partial charge < -0.3 is 4.74 Å². The van der Waals surface area contributed by atoms with Crippen LogP contribution in [0.5, 0.6) is 5.75 Å². The average molecular weight is 339 g/mol. The van der Waals surface area contributed by atoms with E-state index in [2.05, 4.69) is 32.7 Å². The number of piperazine rings is 1. The zero-order chi connectivity index (χ0) is 13.9. The van der Waals surface area contributed by atoms with E-state index in [0.717, 1.165) is 29.4 Å². The molecule has 3 nitrogen and oxygen atoms in total. The molecule has 0 spiro atoms. The van der Waals surface area contributed by atoms with E-state index in [9.17, 15) is 0 Å². The molecule has 1 aromatic carbocycles. The van der Waals surface area contributed by atoms with Gasteiger partial charge >= 0.3 is 0 Å². The van der Waals surface area contributed by atoms with Crippen LogP contribution in [0.4, 0.5) is 0 Å². The molecule has 1 aromatic rings. The zero-order valence-corrected chi connectivity index (χ0v) is 13.7. The smallest absolute Gasteiger partial charge is 0.119 e. The third kappa shape index (κ3) is 3.35. The van der Waals surface area contributed by atoms with Crippen molar-refractivity contribution < 1.29 is 4.74 Å². The number of rotatable bonds is 4. The maximum absolute atomic E-state index is 5.85. The molecule has 2 unspecified atom stereocenters. The summed E-state index contributed by atoms with van der Waals surface area (Å²) in [5.41, 5.74) is 0. The number of ether oxygens (including phenoxy) is 1. The van der Waals surface area contributed by atoms with Gasteiger partial charge in [-0.05, 0) is 50.6 Å². The average Bonchev–Trinajstić information content (AvgIpc) is 2.88. The van der Waals surface area contributed by atoms with Gasteiger partial charge in [0.15, 0.2) is 0 Å². The van der Waals surface area contributed by atoms with Crippen molar-refractivity contribution in [3.63, 3.8) is 0 Å². The third-order valence-corrected chi connectivity index (χ3v) is 5.06. The van der Waals surface area contributed by atoms with Crippen LogP contribution in [0, 0.1) is 0 Å². The van der Waals surface area contributed by atoms with E-state index >= 15 is 0 Å². The summed E-state index contributed by atoms with van der Waals surface area (Å²) in [6.07, 6.45) is 2.75. The Morgan fingerprint density at radius 3 is 2.85 bits per heavy atom. The normalized spacial score (nSPS) is 27.5. The molecular weight excluding hydrogens is 316 g/mol. The number of hydrogen-bond acceptors (Lipinski definition) is 3. The Morgan fingerprint density at radius 2 is 2.05 bits per heavy atom. The number of benzene rings is 1.